The monoisotopic (exact) mass is 332 g/mol. The second kappa shape index (κ2) is 8.78. The Labute approximate surface area is 144 Å². The molecule has 1 saturated heterocycles. The number of amides is 2. The van der Waals surface area contributed by atoms with Crippen LogP contribution in [0.4, 0.5) is 0 Å². The number of aromatic nitrogens is 1. The summed E-state index contributed by atoms with van der Waals surface area (Å²) in [5, 5.41) is 2.83. The van der Waals surface area contributed by atoms with Crippen LogP contribution in [0.25, 0.3) is 0 Å². The Kier molecular flexibility index (Phi) is 6.73. The maximum atomic E-state index is 12.8. The molecule has 0 saturated carbocycles. The minimum Gasteiger partial charge on any atom is -0.349 e. The van der Waals surface area contributed by atoms with Crippen LogP contribution in [0, 0.1) is 0 Å². The molecule has 1 unspecified atom stereocenters. The van der Waals surface area contributed by atoms with Gasteiger partial charge in [0.05, 0.1) is 0 Å². The van der Waals surface area contributed by atoms with E-state index in [0.29, 0.717) is 17.9 Å². The van der Waals surface area contributed by atoms with E-state index in [9.17, 15) is 9.59 Å². The van der Waals surface area contributed by atoms with Gasteiger partial charge in [0, 0.05) is 25.7 Å². The molecule has 0 aliphatic carbocycles. The summed E-state index contributed by atoms with van der Waals surface area (Å²) in [5.74, 6) is -0.304. The number of piperidine rings is 1. The lowest BCUT2D eigenvalue weighted by atomic mass is 9.99. The fourth-order valence-electron chi connectivity index (χ4n) is 3.00. The summed E-state index contributed by atoms with van der Waals surface area (Å²) < 4.78 is 0. The zero-order valence-corrected chi connectivity index (χ0v) is 14.9. The number of nitrogens with one attached hydrogen (secondary N) is 1. The average molecular weight is 332 g/mol. The van der Waals surface area contributed by atoms with E-state index >= 15 is 0 Å². The maximum absolute atomic E-state index is 12.8. The van der Waals surface area contributed by atoms with E-state index in [2.05, 4.69) is 17.2 Å². The number of hydrogen-bond acceptors (Lipinski definition) is 4. The second-order valence-corrected chi connectivity index (χ2v) is 6.52. The minimum atomic E-state index is -0.239. The number of nitrogens with zero attached hydrogens (tertiary/aromatic N) is 3. The average Bonchev–Trinajstić information content (AvgIpc) is 2.60. The fourth-order valence-corrected chi connectivity index (χ4v) is 3.00. The van der Waals surface area contributed by atoms with Gasteiger partial charge in [-0.1, -0.05) is 13.0 Å². The van der Waals surface area contributed by atoms with Crippen molar-refractivity contribution >= 4 is 11.8 Å². The highest BCUT2D eigenvalue weighted by molar-refractivity contribution is 5.96. The first-order valence-corrected chi connectivity index (χ1v) is 8.74. The number of carbonyl (C=O) groups is 2. The molecule has 0 spiro atoms. The predicted molar refractivity (Wildman–Crippen MR) is 94.1 cm³/mol. The zero-order valence-electron chi connectivity index (χ0n) is 14.9. The number of likely N-dealkylation sites (tertiary alicyclic amines) is 1. The summed E-state index contributed by atoms with van der Waals surface area (Å²) in [6, 6.07) is 5.35. The number of likely N-dealkylation sites (N-methyl/N-ethyl adjacent to an activating group) is 1. The Morgan fingerprint density at radius 3 is 2.75 bits per heavy atom. The summed E-state index contributed by atoms with van der Waals surface area (Å²) >= 11 is 0. The van der Waals surface area contributed by atoms with Crippen molar-refractivity contribution in [3.05, 3.63) is 29.6 Å². The Morgan fingerprint density at radius 1 is 1.29 bits per heavy atom. The van der Waals surface area contributed by atoms with Gasteiger partial charge in [-0.2, -0.15) is 0 Å². The van der Waals surface area contributed by atoms with Gasteiger partial charge in [0.25, 0.3) is 11.8 Å². The third-order valence-corrected chi connectivity index (χ3v) is 4.40. The summed E-state index contributed by atoms with van der Waals surface area (Å²) in [5.41, 5.74) is 0.653. The third-order valence-electron chi connectivity index (χ3n) is 4.40. The molecular weight excluding hydrogens is 304 g/mol. The van der Waals surface area contributed by atoms with E-state index in [1.165, 1.54) is 6.42 Å². The van der Waals surface area contributed by atoms with Gasteiger partial charge in [-0.25, -0.2) is 4.98 Å². The van der Waals surface area contributed by atoms with E-state index in [0.717, 1.165) is 32.4 Å². The van der Waals surface area contributed by atoms with Crippen molar-refractivity contribution in [1.82, 2.24) is 20.1 Å². The highest BCUT2D eigenvalue weighted by atomic mass is 16.2. The second-order valence-electron chi connectivity index (χ2n) is 6.52. The third kappa shape index (κ3) is 4.77. The molecule has 132 valence electrons. The Morgan fingerprint density at radius 2 is 2.04 bits per heavy atom. The molecule has 24 heavy (non-hydrogen) atoms. The molecule has 1 fully saturated rings. The van der Waals surface area contributed by atoms with Crippen LogP contribution >= 0.6 is 0 Å². The molecule has 1 aromatic heterocycles. The van der Waals surface area contributed by atoms with Crippen LogP contribution in [0.1, 0.15) is 53.6 Å². The Bertz CT molecular complexity index is 574. The molecule has 2 rings (SSSR count). The molecular formula is C18H28N4O2. The molecule has 1 aliphatic heterocycles. The summed E-state index contributed by atoms with van der Waals surface area (Å²) in [6.45, 7) is 4.20. The normalized spacial score (nSPS) is 17.8. The molecule has 2 heterocycles. The van der Waals surface area contributed by atoms with Gasteiger partial charge in [-0.15, -0.1) is 0 Å². The van der Waals surface area contributed by atoms with E-state index in [1.54, 1.807) is 18.2 Å². The maximum Gasteiger partial charge on any atom is 0.272 e. The van der Waals surface area contributed by atoms with Gasteiger partial charge in [0.1, 0.15) is 11.4 Å². The summed E-state index contributed by atoms with van der Waals surface area (Å²) in [6.07, 6.45) is 4.21. The lowest BCUT2D eigenvalue weighted by Gasteiger charge is -2.35. The molecule has 1 N–H and O–H groups in total. The number of pyridine rings is 1. The van der Waals surface area contributed by atoms with Gasteiger partial charge < -0.3 is 15.1 Å². The van der Waals surface area contributed by atoms with Crippen molar-refractivity contribution in [2.45, 2.75) is 38.6 Å². The van der Waals surface area contributed by atoms with Crippen LogP contribution in [0.15, 0.2) is 18.2 Å². The van der Waals surface area contributed by atoms with E-state index in [-0.39, 0.29) is 17.9 Å². The summed E-state index contributed by atoms with van der Waals surface area (Å²) in [7, 11) is 3.90. The predicted octanol–water partition coefficient (Wildman–Crippen LogP) is 1.78. The van der Waals surface area contributed by atoms with Crippen molar-refractivity contribution in [3.8, 4) is 0 Å². The van der Waals surface area contributed by atoms with Crippen LogP contribution in [0.3, 0.4) is 0 Å². The van der Waals surface area contributed by atoms with Crippen LogP contribution < -0.4 is 5.32 Å². The standard InChI is InChI=1S/C18H28N4O2/c1-4-14-8-5-6-12-22(14)18(24)16-10-7-9-15(20-16)17(23)19-11-13-21(2)3/h7,9-10,14H,4-6,8,11-13H2,1-3H3,(H,19,23). The molecule has 1 aliphatic rings. The van der Waals surface area contributed by atoms with Crippen LogP contribution in [-0.4, -0.2) is 66.4 Å². The number of hydrogen-bond donors (Lipinski definition) is 1. The quantitative estimate of drug-likeness (QED) is 0.862. The van der Waals surface area contributed by atoms with Gasteiger partial charge in [0.2, 0.25) is 0 Å². The summed E-state index contributed by atoms with van der Waals surface area (Å²) in [4.78, 5) is 33.2. The van der Waals surface area contributed by atoms with Crippen LogP contribution in [0.5, 0.6) is 0 Å². The van der Waals surface area contributed by atoms with Crippen LogP contribution in [0.2, 0.25) is 0 Å². The molecule has 6 nitrogen and oxygen atoms in total. The van der Waals surface area contributed by atoms with Gasteiger partial charge in [0.15, 0.2) is 0 Å². The largest absolute Gasteiger partial charge is 0.349 e. The fraction of sp³-hybridized carbons (Fsp3) is 0.611. The highest BCUT2D eigenvalue weighted by Gasteiger charge is 2.27. The molecule has 0 aromatic carbocycles. The lowest BCUT2D eigenvalue weighted by molar-refractivity contribution is 0.0602. The Hall–Kier alpha value is -1.95. The van der Waals surface area contributed by atoms with E-state index in [1.807, 2.05) is 23.9 Å². The molecule has 6 heteroatoms. The molecule has 0 bridgehead atoms. The number of carbonyl (C=O) groups excluding carboxylic acids is 2. The van der Waals surface area contributed by atoms with Crippen molar-refractivity contribution in [2.24, 2.45) is 0 Å². The minimum absolute atomic E-state index is 0.0653. The van der Waals surface area contributed by atoms with Gasteiger partial charge >= 0.3 is 0 Å². The van der Waals surface area contributed by atoms with Gasteiger partial charge in [-0.05, 0) is 51.9 Å². The van der Waals surface area contributed by atoms with Crippen LogP contribution in [-0.2, 0) is 0 Å². The SMILES string of the molecule is CCC1CCCCN1C(=O)c1cccc(C(=O)NCCN(C)C)n1. The number of rotatable bonds is 6. The molecule has 1 atom stereocenters. The van der Waals surface area contributed by atoms with Crippen molar-refractivity contribution in [2.75, 3.05) is 33.7 Å². The highest BCUT2D eigenvalue weighted by Crippen LogP contribution is 2.21. The van der Waals surface area contributed by atoms with Gasteiger partial charge in [-0.3, -0.25) is 9.59 Å². The van der Waals surface area contributed by atoms with Crippen molar-refractivity contribution in [3.63, 3.8) is 0 Å². The zero-order chi connectivity index (χ0) is 17.5. The lowest BCUT2D eigenvalue weighted by Crippen LogP contribution is -2.43. The van der Waals surface area contributed by atoms with E-state index < -0.39 is 0 Å². The van der Waals surface area contributed by atoms with Crippen molar-refractivity contribution < 1.29 is 9.59 Å². The first kappa shape index (κ1) is 18.4. The molecule has 1 aromatic rings. The van der Waals surface area contributed by atoms with Crippen molar-refractivity contribution in [1.29, 1.82) is 0 Å². The molecule has 0 radical (unpaired) electrons. The Balaban J connectivity index is 2.06. The van der Waals surface area contributed by atoms with E-state index in [4.69, 9.17) is 0 Å². The smallest absolute Gasteiger partial charge is 0.272 e. The first-order valence-electron chi connectivity index (χ1n) is 8.74. The molecule has 2 amide bonds. The topological polar surface area (TPSA) is 65.5 Å². The first-order chi connectivity index (χ1) is 11.5.